The van der Waals surface area contributed by atoms with E-state index in [4.69, 9.17) is 0 Å². The van der Waals surface area contributed by atoms with Gasteiger partial charge in [0.25, 0.3) is 0 Å². The highest BCUT2D eigenvalue weighted by Gasteiger charge is 2.22. The van der Waals surface area contributed by atoms with Gasteiger partial charge in [-0.1, -0.05) is 12.8 Å². The van der Waals surface area contributed by atoms with Gasteiger partial charge in [0, 0.05) is 6.04 Å². The summed E-state index contributed by atoms with van der Waals surface area (Å²) >= 11 is 0. The molecule has 0 saturated heterocycles. The van der Waals surface area contributed by atoms with Crippen LogP contribution in [-0.4, -0.2) is 19.1 Å². The Morgan fingerprint density at radius 3 is 2.74 bits per heavy atom. The lowest BCUT2D eigenvalue weighted by Crippen LogP contribution is -2.24. The van der Waals surface area contributed by atoms with Crippen molar-refractivity contribution in [3.63, 3.8) is 0 Å². The van der Waals surface area contributed by atoms with E-state index in [1.807, 2.05) is 0 Å². The van der Waals surface area contributed by atoms with Gasteiger partial charge in [-0.3, -0.25) is 0 Å². The van der Waals surface area contributed by atoms with Crippen molar-refractivity contribution in [3.05, 3.63) is 29.6 Å². The van der Waals surface area contributed by atoms with Crippen molar-refractivity contribution >= 4 is 11.7 Å². The monoisotopic (exact) mass is 265 g/mol. The van der Waals surface area contributed by atoms with Gasteiger partial charge in [0.05, 0.1) is 18.4 Å². The topological polar surface area (TPSA) is 38.3 Å². The predicted molar refractivity (Wildman–Crippen MR) is 72.8 cm³/mol. The minimum atomic E-state index is -0.448. The van der Waals surface area contributed by atoms with E-state index in [9.17, 15) is 9.18 Å². The molecular formula is C15H20FNO2. The summed E-state index contributed by atoms with van der Waals surface area (Å²) in [6.45, 7) is 2.07. The maximum absolute atomic E-state index is 13.8. The van der Waals surface area contributed by atoms with Gasteiger partial charge in [-0.2, -0.15) is 0 Å². The van der Waals surface area contributed by atoms with E-state index < -0.39 is 5.97 Å². The number of halogens is 1. The van der Waals surface area contributed by atoms with E-state index in [0.29, 0.717) is 17.2 Å². The molecule has 1 N–H and O–H groups in total. The van der Waals surface area contributed by atoms with Crippen LogP contribution in [0.5, 0.6) is 0 Å². The smallest absolute Gasteiger partial charge is 0.337 e. The van der Waals surface area contributed by atoms with Crippen LogP contribution in [-0.2, 0) is 4.74 Å². The van der Waals surface area contributed by atoms with Crippen LogP contribution in [0.2, 0.25) is 0 Å². The van der Waals surface area contributed by atoms with E-state index in [-0.39, 0.29) is 11.9 Å². The Morgan fingerprint density at radius 1 is 1.42 bits per heavy atom. The number of carbonyl (C=O) groups is 1. The van der Waals surface area contributed by atoms with Crippen LogP contribution < -0.4 is 5.32 Å². The number of carbonyl (C=O) groups excluding carboxylic acids is 1. The Bertz CT molecular complexity index is 455. The quantitative estimate of drug-likeness (QED) is 0.845. The molecule has 1 aromatic carbocycles. The largest absolute Gasteiger partial charge is 0.465 e. The van der Waals surface area contributed by atoms with Crippen LogP contribution in [0, 0.1) is 11.7 Å². The Morgan fingerprint density at radius 2 is 2.11 bits per heavy atom. The molecule has 1 saturated carbocycles. The number of rotatable bonds is 4. The van der Waals surface area contributed by atoms with Gasteiger partial charge in [0.1, 0.15) is 5.82 Å². The zero-order valence-corrected chi connectivity index (χ0v) is 11.4. The van der Waals surface area contributed by atoms with Gasteiger partial charge in [-0.15, -0.1) is 0 Å². The summed E-state index contributed by atoms with van der Waals surface area (Å²) < 4.78 is 18.4. The summed E-state index contributed by atoms with van der Waals surface area (Å²) in [4.78, 5) is 11.4. The van der Waals surface area contributed by atoms with Crippen molar-refractivity contribution in [2.24, 2.45) is 5.92 Å². The van der Waals surface area contributed by atoms with Crippen molar-refractivity contribution < 1.29 is 13.9 Å². The minimum absolute atomic E-state index is 0.213. The molecule has 1 unspecified atom stereocenters. The second kappa shape index (κ2) is 6.04. The molecule has 0 aromatic heterocycles. The zero-order valence-electron chi connectivity index (χ0n) is 11.4. The minimum Gasteiger partial charge on any atom is -0.465 e. The molecule has 2 rings (SSSR count). The molecule has 104 valence electrons. The molecule has 19 heavy (non-hydrogen) atoms. The van der Waals surface area contributed by atoms with Crippen LogP contribution in [0.25, 0.3) is 0 Å². The van der Waals surface area contributed by atoms with Crippen molar-refractivity contribution in [2.75, 3.05) is 12.4 Å². The molecule has 1 aliphatic carbocycles. The van der Waals surface area contributed by atoms with Crippen molar-refractivity contribution in [3.8, 4) is 0 Å². The molecule has 0 aliphatic heterocycles. The van der Waals surface area contributed by atoms with Gasteiger partial charge in [0.15, 0.2) is 0 Å². The van der Waals surface area contributed by atoms with E-state index in [2.05, 4.69) is 17.0 Å². The van der Waals surface area contributed by atoms with Crippen LogP contribution in [0.15, 0.2) is 18.2 Å². The van der Waals surface area contributed by atoms with E-state index >= 15 is 0 Å². The number of hydrogen-bond donors (Lipinski definition) is 1. The maximum Gasteiger partial charge on any atom is 0.337 e. The van der Waals surface area contributed by atoms with Crippen molar-refractivity contribution in [2.45, 2.75) is 38.6 Å². The fourth-order valence-electron chi connectivity index (χ4n) is 2.70. The molecule has 3 nitrogen and oxygen atoms in total. The lowest BCUT2D eigenvalue weighted by atomic mass is 9.99. The third-order valence-electron chi connectivity index (χ3n) is 3.88. The number of methoxy groups -OCH3 is 1. The highest BCUT2D eigenvalue weighted by Crippen LogP contribution is 2.30. The molecule has 1 aliphatic rings. The summed E-state index contributed by atoms with van der Waals surface area (Å²) in [6, 6.07) is 4.47. The van der Waals surface area contributed by atoms with Crippen LogP contribution in [0.3, 0.4) is 0 Å². The first-order valence-electron chi connectivity index (χ1n) is 6.76. The number of hydrogen-bond acceptors (Lipinski definition) is 3. The number of ether oxygens (including phenoxy) is 1. The predicted octanol–water partition coefficient (Wildman–Crippen LogP) is 3.60. The van der Waals surface area contributed by atoms with Crippen molar-refractivity contribution in [1.29, 1.82) is 0 Å². The van der Waals surface area contributed by atoms with E-state index in [1.165, 1.54) is 51.0 Å². The molecule has 1 atom stereocenters. The van der Waals surface area contributed by atoms with E-state index in [0.717, 1.165) is 0 Å². The Kier molecular flexibility index (Phi) is 4.40. The Hall–Kier alpha value is -1.58. The molecule has 4 heteroatoms. The molecule has 1 fully saturated rings. The van der Waals surface area contributed by atoms with Gasteiger partial charge in [-0.25, -0.2) is 9.18 Å². The average Bonchev–Trinajstić information content (AvgIpc) is 2.94. The lowest BCUT2D eigenvalue weighted by Gasteiger charge is -2.22. The second-order valence-electron chi connectivity index (χ2n) is 5.16. The highest BCUT2D eigenvalue weighted by atomic mass is 19.1. The first-order chi connectivity index (χ1) is 9.11. The second-order valence-corrected chi connectivity index (χ2v) is 5.16. The number of anilines is 1. The van der Waals surface area contributed by atoms with Crippen LogP contribution in [0.4, 0.5) is 10.1 Å². The third-order valence-corrected chi connectivity index (χ3v) is 3.88. The van der Waals surface area contributed by atoms with Crippen molar-refractivity contribution in [1.82, 2.24) is 0 Å². The summed E-state index contributed by atoms with van der Waals surface area (Å²) in [6.07, 6.45) is 4.88. The maximum atomic E-state index is 13.8. The summed E-state index contributed by atoms with van der Waals surface area (Å²) in [5, 5.41) is 3.19. The first-order valence-corrected chi connectivity index (χ1v) is 6.76. The van der Waals surface area contributed by atoms with Gasteiger partial charge in [0.2, 0.25) is 0 Å². The van der Waals surface area contributed by atoms with E-state index in [1.54, 1.807) is 0 Å². The van der Waals surface area contributed by atoms with Gasteiger partial charge >= 0.3 is 5.97 Å². The summed E-state index contributed by atoms with van der Waals surface area (Å²) in [5.41, 5.74) is 0.743. The number of esters is 1. The summed E-state index contributed by atoms with van der Waals surface area (Å²) in [5.74, 6) is -0.199. The Balaban J connectivity index is 2.12. The molecule has 0 radical (unpaired) electrons. The van der Waals surface area contributed by atoms with Crippen LogP contribution >= 0.6 is 0 Å². The molecule has 0 heterocycles. The average molecular weight is 265 g/mol. The molecule has 1 aromatic rings. The molecule has 0 spiro atoms. The number of benzene rings is 1. The van der Waals surface area contributed by atoms with Gasteiger partial charge in [-0.05, 0) is 43.9 Å². The molecule has 0 bridgehead atoms. The zero-order chi connectivity index (χ0) is 13.8. The normalized spacial score (nSPS) is 17.2. The fraction of sp³-hybridized carbons (Fsp3) is 0.533. The van der Waals surface area contributed by atoms with Gasteiger partial charge < -0.3 is 10.1 Å². The Labute approximate surface area is 113 Å². The lowest BCUT2D eigenvalue weighted by molar-refractivity contribution is 0.0600. The SMILES string of the molecule is COC(=O)c1ccc(F)c(NC(C)C2CCCC2)c1. The van der Waals surface area contributed by atoms with Crippen LogP contribution in [0.1, 0.15) is 43.0 Å². The third kappa shape index (κ3) is 3.25. The number of nitrogens with one attached hydrogen (secondary N) is 1. The summed E-state index contributed by atoms with van der Waals surface area (Å²) in [7, 11) is 1.32. The first kappa shape index (κ1) is 13.8. The highest BCUT2D eigenvalue weighted by molar-refractivity contribution is 5.90. The molecule has 0 amide bonds. The molecular weight excluding hydrogens is 245 g/mol. The standard InChI is InChI=1S/C15H20FNO2/c1-10(11-5-3-4-6-11)17-14-9-12(15(18)19-2)7-8-13(14)16/h7-11,17H,3-6H2,1-2H3. The fourth-order valence-corrected chi connectivity index (χ4v) is 2.70.